The standard InChI is InChI=1S/C5H2Br2O3.C5H3BrO3/c6-2-1-3(5(8)9)10-4(2)7;6-3-1-4(5(7)8)9-2-3/h1H,(H,8,9);1-2H,(H,7,8). The zero-order valence-corrected chi connectivity index (χ0v) is 13.7. The highest BCUT2D eigenvalue weighted by Gasteiger charge is 2.11. The van der Waals surface area contributed by atoms with Gasteiger partial charge in [0.25, 0.3) is 0 Å². The summed E-state index contributed by atoms with van der Waals surface area (Å²) in [6.45, 7) is 0. The van der Waals surface area contributed by atoms with E-state index < -0.39 is 11.9 Å². The van der Waals surface area contributed by atoms with Gasteiger partial charge in [-0.25, -0.2) is 9.59 Å². The van der Waals surface area contributed by atoms with Gasteiger partial charge < -0.3 is 19.0 Å². The first kappa shape index (κ1) is 16.0. The molecule has 0 aliphatic heterocycles. The molecule has 2 heterocycles. The van der Waals surface area contributed by atoms with Crippen molar-refractivity contribution in [2.75, 3.05) is 0 Å². The lowest BCUT2D eigenvalue weighted by atomic mass is 10.5. The highest BCUT2D eigenvalue weighted by Crippen LogP contribution is 2.26. The van der Waals surface area contributed by atoms with Crippen LogP contribution in [0.4, 0.5) is 0 Å². The van der Waals surface area contributed by atoms with Crippen LogP contribution in [-0.4, -0.2) is 22.2 Å². The van der Waals surface area contributed by atoms with Crippen molar-refractivity contribution in [1.82, 2.24) is 0 Å². The van der Waals surface area contributed by atoms with Gasteiger partial charge in [-0.15, -0.1) is 0 Å². The monoisotopic (exact) mass is 458 g/mol. The summed E-state index contributed by atoms with van der Waals surface area (Å²) in [5, 5.41) is 16.7. The van der Waals surface area contributed by atoms with E-state index in [1.165, 1.54) is 18.4 Å². The van der Waals surface area contributed by atoms with Gasteiger partial charge in [-0.1, -0.05) is 0 Å². The minimum atomic E-state index is -1.08. The van der Waals surface area contributed by atoms with Gasteiger partial charge in [0.05, 0.1) is 8.95 Å². The first-order valence-electron chi connectivity index (χ1n) is 4.46. The maximum Gasteiger partial charge on any atom is 0.371 e. The average molecular weight is 461 g/mol. The molecule has 0 aliphatic carbocycles. The Morgan fingerprint density at radius 3 is 1.79 bits per heavy atom. The SMILES string of the molecule is O=C(O)c1cc(Br)c(Br)o1.O=C(O)c1cc(Br)co1. The topological polar surface area (TPSA) is 101 Å². The van der Waals surface area contributed by atoms with Crippen LogP contribution in [-0.2, 0) is 0 Å². The number of hydrogen-bond donors (Lipinski definition) is 2. The number of carboxylic acid groups (broad SMARTS) is 2. The van der Waals surface area contributed by atoms with Gasteiger partial charge in [-0.2, -0.15) is 0 Å². The van der Waals surface area contributed by atoms with E-state index in [-0.39, 0.29) is 11.5 Å². The van der Waals surface area contributed by atoms with E-state index in [4.69, 9.17) is 14.6 Å². The third kappa shape index (κ3) is 4.84. The number of carbonyl (C=O) groups is 2. The molecule has 2 aromatic rings. The molecular weight excluding hydrogens is 456 g/mol. The number of furan rings is 2. The molecule has 6 nitrogen and oxygen atoms in total. The van der Waals surface area contributed by atoms with Crippen molar-refractivity contribution in [3.8, 4) is 0 Å². The molecule has 0 spiro atoms. The van der Waals surface area contributed by atoms with Gasteiger partial charge in [-0.05, 0) is 47.8 Å². The van der Waals surface area contributed by atoms with Crippen LogP contribution in [0.15, 0.2) is 40.8 Å². The van der Waals surface area contributed by atoms with Crippen molar-refractivity contribution in [3.05, 3.63) is 43.5 Å². The van der Waals surface area contributed by atoms with Gasteiger partial charge in [-0.3, -0.25) is 0 Å². The van der Waals surface area contributed by atoms with Crippen molar-refractivity contribution >= 4 is 59.7 Å². The molecule has 0 radical (unpaired) electrons. The zero-order chi connectivity index (χ0) is 14.6. The molecule has 19 heavy (non-hydrogen) atoms. The first-order valence-corrected chi connectivity index (χ1v) is 6.84. The van der Waals surface area contributed by atoms with E-state index in [2.05, 4.69) is 52.2 Å². The van der Waals surface area contributed by atoms with Gasteiger partial charge >= 0.3 is 11.9 Å². The maximum absolute atomic E-state index is 10.2. The number of hydrogen-bond acceptors (Lipinski definition) is 4. The van der Waals surface area contributed by atoms with Crippen molar-refractivity contribution in [1.29, 1.82) is 0 Å². The predicted octanol–water partition coefficient (Wildman–Crippen LogP) is 4.24. The second-order valence-corrected chi connectivity index (χ2v) is 5.46. The van der Waals surface area contributed by atoms with Crippen LogP contribution in [0.3, 0.4) is 0 Å². The Morgan fingerprint density at radius 1 is 1.00 bits per heavy atom. The second kappa shape index (κ2) is 6.92. The Labute approximate surface area is 131 Å². The van der Waals surface area contributed by atoms with Crippen LogP contribution in [0.5, 0.6) is 0 Å². The predicted molar refractivity (Wildman–Crippen MR) is 74.4 cm³/mol. The smallest absolute Gasteiger partial charge is 0.371 e. The largest absolute Gasteiger partial charge is 0.475 e. The van der Waals surface area contributed by atoms with Crippen molar-refractivity contribution < 1.29 is 28.6 Å². The molecular formula is C10H5Br3O6. The summed E-state index contributed by atoms with van der Waals surface area (Å²) >= 11 is 9.13. The van der Waals surface area contributed by atoms with Crippen molar-refractivity contribution in [2.24, 2.45) is 0 Å². The zero-order valence-electron chi connectivity index (χ0n) is 8.89. The Kier molecular flexibility index (Phi) is 5.83. The van der Waals surface area contributed by atoms with Crippen molar-refractivity contribution in [2.45, 2.75) is 0 Å². The fourth-order valence-electron chi connectivity index (χ4n) is 0.877. The third-order valence-corrected chi connectivity index (χ3v) is 3.76. The van der Waals surface area contributed by atoms with E-state index >= 15 is 0 Å². The average Bonchev–Trinajstić information content (AvgIpc) is 2.88. The Hall–Kier alpha value is -1.06. The van der Waals surface area contributed by atoms with E-state index in [0.717, 1.165) is 0 Å². The minimum absolute atomic E-state index is 0.0538. The Bertz CT molecular complexity index is 581. The third-order valence-electron chi connectivity index (χ3n) is 1.63. The lowest BCUT2D eigenvalue weighted by Gasteiger charge is -1.81. The fourth-order valence-corrected chi connectivity index (χ4v) is 1.76. The van der Waals surface area contributed by atoms with Gasteiger partial charge in [0.1, 0.15) is 6.26 Å². The molecule has 0 fully saturated rings. The van der Waals surface area contributed by atoms with Crippen LogP contribution in [0.2, 0.25) is 0 Å². The quantitative estimate of drug-likeness (QED) is 0.695. The minimum Gasteiger partial charge on any atom is -0.475 e. The normalized spacial score (nSPS) is 9.63. The maximum atomic E-state index is 10.2. The molecule has 2 aromatic heterocycles. The molecule has 9 heteroatoms. The second-order valence-electron chi connectivity index (χ2n) is 2.97. The molecule has 0 aliphatic rings. The lowest BCUT2D eigenvalue weighted by Crippen LogP contribution is -1.91. The van der Waals surface area contributed by atoms with E-state index in [1.54, 1.807) is 0 Å². The highest BCUT2D eigenvalue weighted by atomic mass is 79.9. The van der Waals surface area contributed by atoms with Crippen LogP contribution in [0, 0.1) is 0 Å². The lowest BCUT2D eigenvalue weighted by molar-refractivity contribution is 0.0652. The van der Waals surface area contributed by atoms with Crippen LogP contribution in [0.1, 0.15) is 21.1 Å². The van der Waals surface area contributed by atoms with Crippen LogP contribution >= 0.6 is 47.8 Å². The molecule has 0 saturated heterocycles. The van der Waals surface area contributed by atoms with Crippen molar-refractivity contribution in [3.63, 3.8) is 0 Å². The molecule has 0 unspecified atom stereocenters. The molecule has 0 aromatic carbocycles. The van der Waals surface area contributed by atoms with Crippen LogP contribution < -0.4 is 0 Å². The molecule has 0 saturated carbocycles. The Balaban J connectivity index is 0.000000191. The molecule has 0 bridgehead atoms. The molecule has 102 valence electrons. The highest BCUT2D eigenvalue weighted by molar-refractivity contribution is 9.13. The fraction of sp³-hybridized carbons (Fsp3) is 0. The molecule has 0 atom stereocenters. The summed E-state index contributed by atoms with van der Waals surface area (Å²) in [7, 11) is 0. The summed E-state index contributed by atoms with van der Waals surface area (Å²) in [5.41, 5.74) is 0. The summed E-state index contributed by atoms with van der Waals surface area (Å²) in [4.78, 5) is 20.3. The van der Waals surface area contributed by atoms with Gasteiger partial charge in [0.2, 0.25) is 11.5 Å². The number of aromatic carboxylic acids is 2. The van der Waals surface area contributed by atoms with E-state index in [1.807, 2.05) is 0 Å². The summed E-state index contributed by atoms with van der Waals surface area (Å²) in [6.07, 6.45) is 1.32. The summed E-state index contributed by atoms with van der Waals surface area (Å²) < 4.78 is 11.0. The summed E-state index contributed by atoms with van der Waals surface area (Å²) in [6, 6.07) is 2.77. The van der Waals surface area contributed by atoms with E-state index in [0.29, 0.717) is 13.6 Å². The Morgan fingerprint density at radius 2 is 1.58 bits per heavy atom. The first-order chi connectivity index (χ1) is 8.81. The number of rotatable bonds is 2. The molecule has 2 N–H and O–H groups in total. The van der Waals surface area contributed by atoms with Gasteiger partial charge in [0.15, 0.2) is 4.67 Å². The number of carboxylic acids is 2. The summed E-state index contributed by atoms with van der Waals surface area (Å²) in [5.74, 6) is -2.27. The van der Waals surface area contributed by atoms with Crippen LogP contribution in [0.25, 0.3) is 0 Å². The van der Waals surface area contributed by atoms with Gasteiger partial charge in [0, 0.05) is 12.1 Å². The van der Waals surface area contributed by atoms with E-state index in [9.17, 15) is 9.59 Å². The molecule has 0 amide bonds. The number of halogens is 3. The molecule has 2 rings (SSSR count).